The van der Waals surface area contributed by atoms with Crippen LogP contribution in [0.15, 0.2) is 11.4 Å². The number of nitrogen functional groups attached to an aromatic ring is 1. The lowest BCUT2D eigenvalue weighted by Crippen LogP contribution is -2.25. The van der Waals surface area contributed by atoms with E-state index in [1.165, 1.54) is 32.1 Å². The molecule has 2 aromatic rings. The van der Waals surface area contributed by atoms with Crippen LogP contribution in [0.1, 0.15) is 39.0 Å². The van der Waals surface area contributed by atoms with Crippen LogP contribution in [-0.4, -0.2) is 23.1 Å². The predicted octanol–water partition coefficient (Wildman–Crippen LogP) is 3.68. The third kappa shape index (κ3) is 2.73. The quantitative estimate of drug-likeness (QED) is 0.937. The van der Waals surface area contributed by atoms with E-state index in [-0.39, 0.29) is 0 Å². The summed E-state index contributed by atoms with van der Waals surface area (Å²) in [7, 11) is 0. The molecule has 108 valence electrons. The Bertz CT molecular complexity index is 580. The molecule has 0 bridgehead atoms. The molecule has 0 saturated carbocycles. The van der Waals surface area contributed by atoms with Gasteiger partial charge in [-0.05, 0) is 36.6 Å². The summed E-state index contributed by atoms with van der Waals surface area (Å²) in [5, 5.41) is 3.22. The van der Waals surface area contributed by atoms with Crippen molar-refractivity contribution in [1.29, 1.82) is 0 Å². The molecule has 2 aromatic heterocycles. The fourth-order valence-corrected chi connectivity index (χ4v) is 3.94. The highest BCUT2D eigenvalue weighted by Crippen LogP contribution is 2.31. The minimum atomic E-state index is 0.393. The van der Waals surface area contributed by atoms with Crippen molar-refractivity contribution in [2.75, 3.05) is 23.7 Å². The van der Waals surface area contributed by atoms with Gasteiger partial charge in [-0.15, -0.1) is 11.3 Å². The summed E-state index contributed by atoms with van der Waals surface area (Å²) < 4.78 is 0. The normalized spacial score (nSPS) is 20.2. The zero-order valence-electron chi connectivity index (χ0n) is 12.0. The first kappa shape index (κ1) is 13.6. The molecule has 2 N–H and O–H groups in total. The van der Waals surface area contributed by atoms with Gasteiger partial charge in [0.15, 0.2) is 0 Å². The largest absolute Gasteiger partial charge is 0.368 e. The second-order valence-electron chi connectivity index (χ2n) is 5.62. The van der Waals surface area contributed by atoms with Crippen LogP contribution in [0.5, 0.6) is 0 Å². The van der Waals surface area contributed by atoms with Gasteiger partial charge < -0.3 is 10.6 Å². The van der Waals surface area contributed by atoms with Crippen LogP contribution >= 0.6 is 11.3 Å². The van der Waals surface area contributed by atoms with E-state index < -0.39 is 0 Å². The number of nitrogens with two attached hydrogens (primary N) is 1. The average Bonchev–Trinajstić information content (AvgIpc) is 2.77. The second-order valence-corrected chi connectivity index (χ2v) is 6.51. The lowest BCUT2D eigenvalue weighted by Gasteiger charge is -2.22. The molecule has 3 heterocycles. The van der Waals surface area contributed by atoms with Crippen molar-refractivity contribution in [2.45, 2.75) is 39.0 Å². The molecular weight excluding hydrogens is 268 g/mol. The van der Waals surface area contributed by atoms with E-state index in [9.17, 15) is 0 Å². The van der Waals surface area contributed by atoms with Gasteiger partial charge >= 0.3 is 0 Å². The minimum Gasteiger partial charge on any atom is -0.368 e. The second kappa shape index (κ2) is 5.95. The molecule has 1 aliphatic rings. The van der Waals surface area contributed by atoms with Crippen LogP contribution in [0, 0.1) is 5.92 Å². The van der Waals surface area contributed by atoms with Gasteiger partial charge in [-0.2, -0.15) is 4.98 Å². The maximum atomic E-state index is 5.86. The highest BCUT2D eigenvalue weighted by molar-refractivity contribution is 7.16. The number of nitrogens with zero attached hydrogens (tertiary/aromatic N) is 3. The number of thiophene rings is 1. The van der Waals surface area contributed by atoms with Crippen LogP contribution in [0.4, 0.5) is 11.8 Å². The van der Waals surface area contributed by atoms with E-state index in [0.29, 0.717) is 5.95 Å². The van der Waals surface area contributed by atoms with Crippen LogP contribution in [0.25, 0.3) is 10.2 Å². The maximum Gasteiger partial charge on any atom is 0.223 e. The van der Waals surface area contributed by atoms with Gasteiger partial charge in [-0.3, -0.25) is 0 Å². The average molecular weight is 290 g/mol. The molecule has 1 saturated heterocycles. The molecule has 1 atom stereocenters. The van der Waals surface area contributed by atoms with Crippen LogP contribution in [0.3, 0.4) is 0 Å². The highest BCUT2D eigenvalue weighted by atomic mass is 32.1. The molecule has 3 rings (SSSR count). The number of fused-ring (bicyclic) bond motifs is 1. The van der Waals surface area contributed by atoms with Gasteiger partial charge in [0.05, 0.1) is 5.39 Å². The molecule has 20 heavy (non-hydrogen) atoms. The maximum absolute atomic E-state index is 5.86. The van der Waals surface area contributed by atoms with Crippen molar-refractivity contribution in [3.8, 4) is 0 Å². The molecule has 0 amide bonds. The van der Waals surface area contributed by atoms with Gasteiger partial charge in [0.25, 0.3) is 0 Å². The van der Waals surface area contributed by atoms with E-state index in [0.717, 1.165) is 35.0 Å². The first-order chi connectivity index (χ1) is 9.78. The Balaban J connectivity index is 1.85. The third-order valence-electron chi connectivity index (χ3n) is 4.17. The summed E-state index contributed by atoms with van der Waals surface area (Å²) in [6, 6.07) is 2.11. The van der Waals surface area contributed by atoms with Gasteiger partial charge in [-0.25, -0.2) is 4.98 Å². The summed E-state index contributed by atoms with van der Waals surface area (Å²) in [6.07, 6.45) is 6.51. The molecule has 0 radical (unpaired) electrons. The Labute approximate surface area is 124 Å². The minimum absolute atomic E-state index is 0.393. The van der Waals surface area contributed by atoms with E-state index in [4.69, 9.17) is 5.73 Å². The first-order valence-corrected chi connectivity index (χ1v) is 8.41. The molecule has 5 heteroatoms. The summed E-state index contributed by atoms with van der Waals surface area (Å²) in [5.41, 5.74) is 5.86. The standard InChI is InChI=1S/C15H22N4S/c1-2-4-11-5-3-8-19(9-6-11)13-12-7-10-20-14(12)18-15(16)17-13/h7,10-11H,2-6,8-9H2,1H3,(H2,16,17,18). The Morgan fingerprint density at radius 1 is 1.35 bits per heavy atom. The van der Waals surface area contributed by atoms with Crippen molar-refractivity contribution in [3.63, 3.8) is 0 Å². The highest BCUT2D eigenvalue weighted by Gasteiger charge is 2.20. The molecule has 1 aliphatic heterocycles. The summed E-state index contributed by atoms with van der Waals surface area (Å²) in [6.45, 7) is 4.45. The Morgan fingerprint density at radius 3 is 3.10 bits per heavy atom. The van der Waals surface area contributed by atoms with Crippen molar-refractivity contribution in [3.05, 3.63) is 11.4 Å². The zero-order chi connectivity index (χ0) is 13.9. The van der Waals surface area contributed by atoms with Gasteiger partial charge in [0.1, 0.15) is 10.6 Å². The van der Waals surface area contributed by atoms with Crippen LogP contribution in [-0.2, 0) is 0 Å². The zero-order valence-corrected chi connectivity index (χ0v) is 12.8. The molecule has 0 aliphatic carbocycles. The van der Waals surface area contributed by atoms with Crippen LogP contribution in [0.2, 0.25) is 0 Å². The Hall–Kier alpha value is -1.36. The predicted molar refractivity (Wildman–Crippen MR) is 86.3 cm³/mol. The summed E-state index contributed by atoms with van der Waals surface area (Å²) in [5.74, 6) is 2.30. The molecular formula is C15H22N4S. The number of rotatable bonds is 3. The van der Waals surface area contributed by atoms with Crippen molar-refractivity contribution in [2.24, 2.45) is 5.92 Å². The van der Waals surface area contributed by atoms with Crippen molar-refractivity contribution in [1.82, 2.24) is 9.97 Å². The Morgan fingerprint density at radius 2 is 2.25 bits per heavy atom. The number of hydrogen-bond acceptors (Lipinski definition) is 5. The number of aromatic nitrogens is 2. The fraction of sp³-hybridized carbons (Fsp3) is 0.600. The number of hydrogen-bond donors (Lipinski definition) is 1. The monoisotopic (exact) mass is 290 g/mol. The SMILES string of the molecule is CCCC1CCCN(c2nc(N)nc3sccc23)CC1. The van der Waals surface area contributed by atoms with E-state index in [1.54, 1.807) is 11.3 Å². The Kier molecular flexibility index (Phi) is 4.05. The van der Waals surface area contributed by atoms with E-state index in [1.807, 2.05) is 0 Å². The van der Waals surface area contributed by atoms with Gasteiger partial charge in [0, 0.05) is 13.1 Å². The molecule has 4 nitrogen and oxygen atoms in total. The van der Waals surface area contributed by atoms with E-state index in [2.05, 4.69) is 33.2 Å². The fourth-order valence-electron chi connectivity index (χ4n) is 3.17. The van der Waals surface area contributed by atoms with Gasteiger partial charge in [-0.1, -0.05) is 19.8 Å². The van der Waals surface area contributed by atoms with E-state index >= 15 is 0 Å². The lowest BCUT2D eigenvalue weighted by atomic mass is 9.96. The third-order valence-corrected chi connectivity index (χ3v) is 4.97. The first-order valence-electron chi connectivity index (χ1n) is 7.53. The van der Waals surface area contributed by atoms with Crippen LogP contribution < -0.4 is 10.6 Å². The molecule has 0 aromatic carbocycles. The molecule has 0 spiro atoms. The summed E-state index contributed by atoms with van der Waals surface area (Å²) in [4.78, 5) is 12.2. The number of anilines is 2. The smallest absolute Gasteiger partial charge is 0.223 e. The molecule has 1 unspecified atom stereocenters. The molecule has 1 fully saturated rings. The van der Waals surface area contributed by atoms with Crippen molar-refractivity contribution < 1.29 is 0 Å². The van der Waals surface area contributed by atoms with Crippen molar-refractivity contribution >= 4 is 33.3 Å². The topological polar surface area (TPSA) is 55.0 Å². The van der Waals surface area contributed by atoms with Gasteiger partial charge in [0.2, 0.25) is 5.95 Å². The lowest BCUT2D eigenvalue weighted by molar-refractivity contribution is 0.435. The summed E-state index contributed by atoms with van der Waals surface area (Å²) >= 11 is 1.64.